The summed E-state index contributed by atoms with van der Waals surface area (Å²) in [5.74, 6) is -1.80. The van der Waals surface area contributed by atoms with Gasteiger partial charge in [0.2, 0.25) is 5.91 Å². The molecule has 0 unspecified atom stereocenters. The van der Waals surface area contributed by atoms with Gasteiger partial charge in [0, 0.05) is 25.7 Å². The van der Waals surface area contributed by atoms with Crippen molar-refractivity contribution in [2.45, 2.75) is 12.7 Å². The fourth-order valence-corrected chi connectivity index (χ4v) is 1.42. The zero-order chi connectivity index (χ0) is 15.3. The predicted molar refractivity (Wildman–Crippen MR) is 64.7 cm³/mol. The van der Waals surface area contributed by atoms with Crippen LogP contribution in [0, 0.1) is 0 Å². The van der Waals surface area contributed by atoms with E-state index < -0.39 is 23.6 Å². The molecule has 0 heterocycles. The van der Waals surface area contributed by atoms with Gasteiger partial charge < -0.3 is 10.0 Å². The number of benzene rings is 1. The summed E-state index contributed by atoms with van der Waals surface area (Å²) in [5.41, 5.74) is -0.251. The summed E-state index contributed by atoms with van der Waals surface area (Å²) >= 11 is 0. The van der Waals surface area contributed by atoms with E-state index >= 15 is 0 Å². The van der Waals surface area contributed by atoms with Crippen LogP contribution in [0.1, 0.15) is 11.1 Å². The Morgan fingerprint density at radius 3 is 2.20 bits per heavy atom. The lowest BCUT2D eigenvalue weighted by molar-refractivity contribution is -0.137. The second-order valence-corrected chi connectivity index (χ2v) is 4.06. The molecule has 0 saturated heterocycles. The molecule has 0 aliphatic heterocycles. The van der Waals surface area contributed by atoms with Gasteiger partial charge in [-0.3, -0.25) is 4.79 Å². The van der Waals surface area contributed by atoms with Gasteiger partial charge in [0.1, 0.15) is 0 Å². The summed E-state index contributed by atoms with van der Waals surface area (Å²) in [5, 5.41) is 8.38. The van der Waals surface area contributed by atoms with E-state index in [-0.39, 0.29) is 6.54 Å². The second-order valence-electron chi connectivity index (χ2n) is 4.06. The summed E-state index contributed by atoms with van der Waals surface area (Å²) in [6.45, 7) is 0.0843. The van der Waals surface area contributed by atoms with Crippen LogP contribution in [0.2, 0.25) is 0 Å². The van der Waals surface area contributed by atoms with Gasteiger partial charge in [-0.2, -0.15) is 13.2 Å². The summed E-state index contributed by atoms with van der Waals surface area (Å²) < 4.78 is 37.1. The van der Waals surface area contributed by atoms with Crippen LogP contribution in [0.5, 0.6) is 0 Å². The minimum atomic E-state index is -4.40. The molecule has 0 bridgehead atoms. The fraction of sp³-hybridized carbons (Fsp3) is 0.231. The number of hydrogen-bond donors (Lipinski definition) is 1. The molecular weight excluding hydrogens is 275 g/mol. The molecule has 7 heteroatoms. The van der Waals surface area contributed by atoms with E-state index in [9.17, 15) is 22.8 Å². The molecule has 0 aliphatic rings. The number of carboxylic acids is 1. The maximum Gasteiger partial charge on any atom is 0.416 e. The Morgan fingerprint density at radius 1 is 1.20 bits per heavy atom. The van der Waals surface area contributed by atoms with Crippen LogP contribution in [0.3, 0.4) is 0 Å². The van der Waals surface area contributed by atoms with Crippen LogP contribution >= 0.6 is 0 Å². The maximum absolute atomic E-state index is 12.4. The molecule has 0 fully saturated rings. The van der Waals surface area contributed by atoms with Crippen LogP contribution in [0.25, 0.3) is 0 Å². The normalized spacial score (nSPS) is 11.6. The number of likely N-dealkylation sites (N-methyl/N-ethyl adjacent to an activating group) is 1. The van der Waals surface area contributed by atoms with Crippen molar-refractivity contribution in [2.75, 3.05) is 7.05 Å². The number of halogens is 3. The number of nitrogens with zero attached hydrogens (tertiary/aromatic N) is 1. The lowest BCUT2D eigenvalue weighted by Crippen LogP contribution is -2.24. The SMILES string of the molecule is CN(Cc1ccc(C(F)(F)F)cc1)C(=O)/C=C/C(=O)O. The van der Waals surface area contributed by atoms with E-state index in [0.717, 1.165) is 18.2 Å². The largest absolute Gasteiger partial charge is 0.478 e. The first-order chi connectivity index (χ1) is 9.20. The fourth-order valence-electron chi connectivity index (χ4n) is 1.42. The van der Waals surface area contributed by atoms with Gasteiger partial charge in [-0.1, -0.05) is 12.1 Å². The number of amides is 1. The van der Waals surface area contributed by atoms with E-state index in [1.165, 1.54) is 24.1 Å². The average Bonchev–Trinajstić information content (AvgIpc) is 2.35. The van der Waals surface area contributed by atoms with Crippen molar-refractivity contribution in [2.24, 2.45) is 0 Å². The van der Waals surface area contributed by atoms with E-state index in [1.807, 2.05) is 0 Å². The first-order valence-corrected chi connectivity index (χ1v) is 5.52. The van der Waals surface area contributed by atoms with Gasteiger partial charge in [-0.05, 0) is 17.7 Å². The molecular formula is C13H12F3NO3. The quantitative estimate of drug-likeness (QED) is 0.864. The number of rotatable bonds is 4. The molecule has 0 radical (unpaired) electrons. The number of alkyl halides is 3. The average molecular weight is 287 g/mol. The maximum atomic E-state index is 12.4. The predicted octanol–water partition coefficient (Wildman–Crippen LogP) is 2.30. The van der Waals surface area contributed by atoms with Gasteiger partial charge in [-0.25, -0.2) is 4.79 Å². The molecule has 0 atom stereocenters. The number of aliphatic carboxylic acids is 1. The molecule has 1 aromatic rings. The van der Waals surface area contributed by atoms with Gasteiger partial charge >= 0.3 is 12.1 Å². The van der Waals surface area contributed by atoms with E-state index in [4.69, 9.17) is 5.11 Å². The van der Waals surface area contributed by atoms with Crippen LogP contribution in [0.15, 0.2) is 36.4 Å². The Balaban J connectivity index is 2.69. The van der Waals surface area contributed by atoms with Crippen molar-refractivity contribution in [1.82, 2.24) is 4.90 Å². The highest BCUT2D eigenvalue weighted by atomic mass is 19.4. The zero-order valence-corrected chi connectivity index (χ0v) is 10.5. The molecule has 1 N–H and O–H groups in total. The Morgan fingerprint density at radius 2 is 1.75 bits per heavy atom. The third-order valence-corrected chi connectivity index (χ3v) is 2.45. The molecule has 1 amide bonds. The van der Waals surface area contributed by atoms with Crippen molar-refractivity contribution in [1.29, 1.82) is 0 Å². The van der Waals surface area contributed by atoms with Crippen molar-refractivity contribution in [3.63, 3.8) is 0 Å². The minimum absolute atomic E-state index is 0.0843. The van der Waals surface area contributed by atoms with Crippen molar-refractivity contribution in [3.8, 4) is 0 Å². The zero-order valence-electron chi connectivity index (χ0n) is 10.5. The lowest BCUT2D eigenvalue weighted by Gasteiger charge is -2.15. The summed E-state index contributed by atoms with van der Waals surface area (Å²) in [7, 11) is 1.42. The minimum Gasteiger partial charge on any atom is -0.478 e. The molecule has 20 heavy (non-hydrogen) atoms. The second kappa shape index (κ2) is 6.23. The Kier molecular flexibility index (Phi) is 4.90. The van der Waals surface area contributed by atoms with Crippen molar-refractivity contribution in [3.05, 3.63) is 47.5 Å². The lowest BCUT2D eigenvalue weighted by atomic mass is 10.1. The monoisotopic (exact) mass is 287 g/mol. The molecule has 0 aliphatic carbocycles. The molecule has 0 spiro atoms. The summed E-state index contributed by atoms with van der Waals surface area (Å²) in [4.78, 5) is 22.9. The molecule has 1 aromatic carbocycles. The highest BCUT2D eigenvalue weighted by molar-refractivity contribution is 5.93. The molecule has 108 valence electrons. The Bertz CT molecular complexity index is 521. The number of hydrogen-bond acceptors (Lipinski definition) is 2. The number of carbonyl (C=O) groups excluding carboxylic acids is 1. The number of carboxylic acid groups (broad SMARTS) is 1. The van der Waals surface area contributed by atoms with Gasteiger partial charge in [0.15, 0.2) is 0 Å². The summed E-state index contributed by atoms with van der Waals surface area (Å²) in [6, 6.07) is 4.41. The van der Waals surface area contributed by atoms with Crippen LogP contribution < -0.4 is 0 Å². The van der Waals surface area contributed by atoms with Crippen LogP contribution in [-0.2, 0) is 22.3 Å². The first kappa shape index (κ1) is 15.7. The van der Waals surface area contributed by atoms with Crippen LogP contribution in [-0.4, -0.2) is 28.9 Å². The summed E-state index contributed by atoms with van der Waals surface area (Å²) in [6.07, 6.45) is -2.82. The Hall–Kier alpha value is -2.31. The third kappa shape index (κ3) is 4.75. The highest BCUT2D eigenvalue weighted by Gasteiger charge is 2.29. The van der Waals surface area contributed by atoms with Gasteiger partial charge in [0.05, 0.1) is 5.56 Å². The smallest absolute Gasteiger partial charge is 0.416 e. The third-order valence-electron chi connectivity index (χ3n) is 2.45. The molecule has 0 aromatic heterocycles. The number of carbonyl (C=O) groups is 2. The topological polar surface area (TPSA) is 57.6 Å². The van der Waals surface area contributed by atoms with E-state index in [2.05, 4.69) is 0 Å². The first-order valence-electron chi connectivity index (χ1n) is 5.52. The van der Waals surface area contributed by atoms with E-state index in [0.29, 0.717) is 11.6 Å². The molecule has 0 saturated carbocycles. The van der Waals surface area contributed by atoms with Gasteiger partial charge in [0.25, 0.3) is 0 Å². The Labute approximate surface area is 113 Å². The van der Waals surface area contributed by atoms with E-state index in [1.54, 1.807) is 0 Å². The van der Waals surface area contributed by atoms with Crippen LogP contribution in [0.4, 0.5) is 13.2 Å². The van der Waals surface area contributed by atoms with Crippen molar-refractivity contribution < 1.29 is 27.9 Å². The van der Waals surface area contributed by atoms with Crippen molar-refractivity contribution >= 4 is 11.9 Å². The highest BCUT2D eigenvalue weighted by Crippen LogP contribution is 2.29. The molecule has 1 rings (SSSR count). The molecule has 4 nitrogen and oxygen atoms in total. The standard InChI is InChI=1S/C13H12F3NO3/c1-17(11(18)6-7-12(19)20)8-9-2-4-10(5-3-9)13(14,15)16/h2-7H,8H2,1H3,(H,19,20)/b7-6+. The van der Waals surface area contributed by atoms with Gasteiger partial charge in [-0.15, -0.1) is 0 Å².